The van der Waals surface area contributed by atoms with Gasteiger partial charge in [-0.25, -0.2) is 19.4 Å². The fourth-order valence-electron chi connectivity index (χ4n) is 3.52. The van der Waals surface area contributed by atoms with E-state index in [4.69, 9.17) is 22.8 Å². The monoisotopic (exact) mass is 429 g/mol. The van der Waals surface area contributed by atoms with Crippen molar-refractivity contribution in [3.8, 4) is 0 Å². The van der Waals surface area contributed by atoms with Gasteiger partial charge in [-0.15, -0.1) is 0 Å². The zero-order valence-electron chi connectivity index (χ0n) is 17.1. The Morgan fingerprint density at radius 2 is 2.14 bits per heavy atom. The minimum Gasteiger partial charge on any atom is -0.447 e. The van der Waals surface area contributed by atoms with Crippen LogP contribution in [0.5, 0.6) is 0 Å². The number of hydrogen-bond donors (Lipinski definition) is 4. The lowest BCUT2D eigenvalue weighted by Gasteiger charge is -2.45. The lowest BCUT2D eigenvalue weighted by atomic mass is 9.86. The molecule has 0 aromatic heterocycles. The van der Waals surface area contributed by atoms with E-state index in [-0.39, 0.29) is 28.6 Å². The Bertz CT molecular complexity index is 762. The highest BCUT2D eigenvalue weighted by Gasteiger charge is 2.39. The number of carbonyl (C=O) groups excluding carboxylic acids is 1. The number of ether oxygens (including phenoxy) is 1. The quantitative estimate of drug-likeness (QED) is 0.325. The second kappa shape index (κ2) is 9.64. The average Bonchev–Trinajstić information content (AvgIpc) is 2.64. The molecule has 1 aromatic carbocycles. The van der Waals surface area contributed by atoms with E-state index in [0.717, 1.165) is 5.56 Å². The van der Waals surface area contributed by atoms with Crippen LogP contribution in [-0.4, -0.2) is 47.4 Å². The standard InChI is InChI=1S/C19H29F2N5O2S/c1-11(2)28-18(27)26-8-7-23-10-19(26,4)9-13-5-6-14(16(20)21)15(12(13)3)24-17(29)25-22/h5-6,11,16,23H,7-10,22H2,1-4H3,(H2,24,25,29)/t19-/m0/s1. The molecule has 10 heteroatoms. The van der Waals surface area contributed by atoms with Gasteiger partial charge in [-0.05, 0) is 57.5 Å². The highest BCUT2D eigenvalue weighted by atomic mass is 32.1. The number of hydrogen-bond acceptors (Lipinski definition) is 5. The smallest absolute Gasteiger partial charge is 0.410 e. The van der Waals surface area contributed by atoms with E-state index in [1.807, 2.05) is 6.92 Å². The lowest BCUT2D eigenvalue weighted by molar-refractivity contribution is 0.0272. The van der Waals surface area contributed by atoms with Crippen molar-refractivity contribution >= 4 is 29.1 Å². The van der Waals surface area contributed by atoms with Crippen molar-refractivity contribution in [2.24, 2.45) is 5.84 Å². The Kier molecular flexibility index (Phi) is 7.73. The number of halogens is 2. The highest BCUT2D eigenvalue weighted by Crippen LogP contribution is 2.34. The maximum Gasteiger partial charge on any atom is 0.410 e. The van der Waals surface area contributed by atoms with Crippen molar-refractivity contribution in [3.63, 3.8) is 0 Å². The van der Waals surface area contributed by atoms with Gasteiger partial charge >= 0.3 is 6.09 Å². The zero-order chi connectivity index (χ0) is 21.8. The molecule has 29 heavy (non-hydrogen) atoms. The number of nitrogens with one attached hydrogen (secondary N) is 3. The second-order valence-electron chi connectivity index (χ2n) is 7.65. The average molecular weight is 430 g/mol. The van der Waals surface area contributed by atoms with Gasteiger partial charge in [0.05, 0.1) is 17.3 Å². The summed E-state index contributed by atoms with van der Waals surface area (Å²) in [6.07, 6.45) is -2.82. The summed E-state index contributed by atoms with van der Waals surface area (Å²) in [7, 11) is 0. The number of nitrogens with zero attached hydrogens (tertiary/aromatic N) is 1. The largest absolute Gasteiger partial charge is 0.447 e. The van der Waals surface area contributed by atoms with Crippen LogP contribution < -0.4 is 21.9 Å². The molecule has 1 aliphatic heterocycles. The first kappa shape index (κ1) is 23.2. The van der Waals surface area contributed by atoms with E-state index in [1.165, 1.54) is 6.07 Å². The van der Waals surface area contributed by atoms with Crippen LogP contribution >= 0.6 is 12.2 Å². The molecule has 1 atom stereocenters. The molecule has 1 aromatic rings. The third-order valence-corrected chi connectivity index (χ3v) is 5.23. The van der Waals surface area contributed by atoms with Gasteiger partial charge in [-0.3, -0.25) is 4.90 Å². The van der Waals surface area contributed by atoms with Crippen LogP contribution in [0.4, 0.5) is 19.3 Å². The highest BCUT2D eigenvalue weighted by molar-refractivity contribution is 7.80. The fourth-order valence-corrected chi connectivity index (χ4v) is 3.63. The van der Waals surface area contributed by atoms with Crippen molar-refractivity contribution in [2.45, 2.75) is 52.2 Å². The molecule has 1 saturated heterocycles. The van der Waals surface area contributed by atoms with Gasteiger partial charge in [0.1, 0.15) is 0 Å². The maximum atomic E-state index is 13.5. The Hall–Kier alpha value is -2.04. The number of amides is 1. The van der Waals surface area contributed by atoms with Gasteiger partial charge < -0.3 is 20.8 Å². The Labute approximate surface area is 175 Å². The normalized spacial score (nSPS) is 19.4. The molecule has 1 heterocycles. The fraction of sp³-hybridized carbons (Fsp3) is 0.579. The van der Waals surface area contributed by atoms with Crippen LogP contribution in [0.2, 0.25) is 0 Å². The van der Waals surface area contributed by atoms with Gasteiger partial charge in [-0.2, -0.15) is 0 Å². The molecule has 0 unspecified atom stereocenters. The van der Waals surface area contributed by atoms with Crippen molar-refractivity contribution in [1.29, 1.82) is 0 Å². The minimum atomic E-state index is -2.67. The van der Waals surface area contributed by atoms with Gasteiger partial charge in [0.15, 0.2) is 5.11 Å². The first-order valence-corrected chi connectivity index (χ1v) is 9.87. The van der Waals surface area contributed by atoms with Crippen LogP contribution in [0.3, 0.4) is 0 Å². The molecule has 5 N–H and O–H groups in total. The van der Waals surface area contributed by atoms with E-state index in [1.54, 1.807) is 31.7 Å². The van der Waals surface area contributed by atoms with Crippen molar-refractivity contribution in [1.82, 2.24) is 15.6 Å². The summed E-state index contributed by atoms with van der Waals surface area (Å²) in [4.78, 5) is 14.3. The van der Waals surface area contributed by atoms with Gasteiger partial charge in [0.25, 0.3) is 6.43 Å². The number of nitrogens with two attached hydrogens (primary N) is 1. The summed E-state index contributed by atoms with van der Waals surface area (Å²) >= 11 is 4.99. The molecule has 1 fully saturated rings. The molecule has 0 saturated carbocycles. The molecule has 2 rings (SSSR count). The Balaban J connectivity index is 2.38. The third kappa shape index (κ3) is 5.52. The summed E-state index contributed by atoms with van der Waals surface area (Å²) < 4.78 is 32.4. The molecule has 7 nitrogen and oxygen atoms in total. The van der Waals surface area contributed by atoms with E-state index in [9.17, 15) is 13.6 Å². The van der Waals surface area contributed by atoms with E-state index < -0.39 is 12.0 Å². The predicted molar refractivity (Wildman–Crippen MR) is 113 cm³/mol. The van der Waals surface area contributed by atoms with Crippen LogP contribution in [-0.2, 0) is 11.2 Å². The molecule has 162 valence electrons. The Morgan fingerprint density at radius 3 is 2.72 bits per heavy atom. The van der Waals surface area contributed by atoms with Gasteiger partial charge in [-0.1, -0.05) is 12.1 Å². The Morgan fingerprint density at radius 1 is 1.45 bits per heavy atom. The van der Waals surface area contributed by atoms with Gasteiger partial charge in [0.2, 0.25) is 0 Å². The first-order valence-electron chi connectivity index (χ1n) is 9.46. The van der Waals surface area contributed by atoms with Crippen LogP contribution in [0.1, 0.15) is 43.9 Å². The number of thiocarbonyl (C=S) groups is 1. The van der Waals surface area contributed by atoms with E-state index in [0.29, 0.717) is 31.6 Å². The van der Waals surface area contributed by atoms with Crippen molar-refractivity contribution < 1.29 is 18.3 Å². The van der Waals surface area contributed by atoms with E-state index >= 15 is 0 Å². The number of hydrazine groups is 1. The molecular weight excluding hydrogens is 400 g/mol. The molecule has 0 spiro atoms. The number of anilines is 1. The summed E-state index contributed by atoms with van der Waals surface area (Å²) in [5.74, 6) is 5.29. The number of rotatable bonds is 5. The molecule has 0 radical (unpaired) electrons. The topological polar surface area (TPSA) is 91.7 Å². The van der Waals surface area contributed by atoms with Crippen molar-refractivity contribution in [2.75, 3.05) is 25.0 Å². The van der Waals surface area contributed by atoms with Crippen LogP contribution in [0.15, 0.2) is 12.1 Å². The number of benzene rings is 1. The van der Waals surface area contributed by atoms with Crippen LogP contribution in [0.25, 0.3) is 0 Å². The van der Waals surface area contributed by atoms with Crippen molar-refractivity contribution in [3.05, 3.63) is 28.8 Å². The van der Waals surface area contributed by atoms with Gasteiger partial charge in [0, 0.05) is 25.2 Å². The summed E-state index contributed by atoms with van der Waals surface area (Å²) in [6.45, 7) is 9.03. The first-order chi connectivity index (χ1) is 13.6. The SMILES string of the molecule is Cc1c(C[C@@]2(C)CNCCN2C(=O)OC(C)C)ccc(C(F)F)c1NC(=S)NN. The summed E-state index contributed by atoms with van der Waals surface area (Å²) in [5.41, 5.74) is 3.19. The molecular formula is C19H29F2N5O2S. The predicted octanol–water partition coefficient (Wildman–Crippen LogP) is 2.84. The third-order valence-electron chi connectivity index (χ3n) is 5.01. The number of piperazine rings is 1. The minimum absolute atomic E-state index is 0.0415. The number of carbonyl (C=O) groups is 1. The summed E-state index contributed by atoms with van der Waals surface area (Å²) in [6, 6.07) is 3.05. The second-order valence-corrected chi connectivity index (χ2v) is 8.06. The lowest BCUT2D eigenvalue weighted by Crippen LogP contribution is -2.62. The van der Waals surface area contributed by atoms with E-state index in [2.05, 4.69) is 16.1 Å². The maximum absolute atomic E-state index is 13.5. The number of alkyl halides is 2. The molecule has 0 aliphatic carbocycles. The molecule has 1 aliphatic rings. The zero-order valence-corrected chi connectivity index (χ0v) is 18.0. The summed E-state index contributed by atoms with van der Waals surface area (Å²) in [5, 5.41) is 6.10. The molecule has 1 amide bonds. The molecule has 0 bridgehead atoms. The van der Waals surface area contributed by atoms with Crippen LogP contribution in [0, 0.1) is 6.92 Å².